The molecule has 0 unspecified atom stereocenters. The molecule has 0 saturated carbocycles. The molecule has 25 heavy (non-hydrogen) atoms. The normalized spacial score (nSPS) is 11.4. The first-order valence-corrected chi connectivity index (χ1v) is 7.85. The number of hydrogen-bond acceptors (Lipinski definition) is 4. The first-order valence-electron chi connectivity index (χ1n) is 7.85. The number of hydrogen-bond donors (Lipinski definition) is 2. The molecule has 0 saturated heterocycles. The zero-order valence-corrected chi connectivity index (χ0v) is 14.8. The molecule has 1 heterocycles. The zero-order valence-electron chi connectivity index (χ0n) is 14.8. The SMILES string of the molecule is CN(CC(=O)NC(C)(C)C)C(=O)Cn1[nH]c(=O)c2ccccc2c1=O. The summed E-state index contributed by atoms with van der Waals surface area (Å²) in [6.07, 6.45) is 0. The lowest BCUT2D eigenvalue weighted by atomic mass is 10.1. The molecule has 8 heteroatoms. The summed E-state index contributed by atoms with van der Waals surface area (Å²) in [5.74, 6) is -0.764. The van der Waals surface area contributed by atoms with Gasteiger partial charge in [0.1, 0.15) is 6.54 Å². The van der Waals surface area contributed by atoms with Crippen molar-refractivity contribution in [2.24, 2.45) is 0 Å². The number of rotatable bonds is 4. The Morgan fingerprint density at radius 3 is 2.36 bits per heavy atom. The van der Waals surface area contributed by atoms with Gasteiger partial charge in [-0.2, -0.15) is 0 Å². The molecule has 0 radical (unpaired) electrons. The van der Waals surface area contributed by atoms with Crippen LogP contribution in [0.25, 0.3) is 10.8 Å². The molecule has 2 aromatic rings. The molecule has 2 N–H and O–H groups in total. The van der Waals surface area contributed by atoms with Crippen molar-refractivity contribution in [3.63, 3.8) is 0 Å². The highest BCUT2D eigenvalue weighted by molar-refractivity contribution is 5.85. The lowest BCUT2D eigenvalue weighted by molar-refractivity contribution is -0.135. The third kappa shape index (κ3) is 4.56. The van der Waals surface area contributed by atoms with E-state index in [2.05, 4.69) is 10.4 Å². The van der Waals surface area contributed by atoms with Gasteiger partial charge in [0.15, 0.2) is 0 Å². The predicted octanol–water partition coefficient (Wildman–Crippen LogP) is 0.0629. The smallest absolute Gasteiger partial charge is 0.273 e. The summed E-state index contributed by atoms with van der Waals surface area (Å²) in [6.45, 7) is 5.03. The molecule has 2 amide bonds. The number of benzene rings is 1. The third-order valence-corrected chi connectivity index (χ3v) is 3.50. The highest BCUT2D eigenvalue weighted by Gasteiger charge is 2.19. The maximum Gasteiger partial charge on any atom is 0.273 e. The van der Waals surface area contributed by atoms with E-state index >= 15 is 0 Å². The van der Waals surface area contributed by atoms with Gasteiger partial charge in [-0.15, -0.1) is 0 Å². The Labute approximate surface area is 144 Å². The number of nitrogens with one attached hydrogen (secondary N) is 2. The zero-order chi connectivity index (χ0) is 18.8. The largest absolute Gasteiger partial charge is 0.350 e. The highest BCUT2D eigenvalue weighted by Crippen LogP contribution is 2.03. The number of nitrogens with zero attached hydrogens (tertiary/aromatic N) is 2. The van der Waals surface area contributed by atoms with Crippen molar-refractivity contribution >= 4 is 22.6 Å². The van der Waals surface area contributed by atoms with Crippen molar-refractivity contribution in [3.8, 4) is 0 Å². The van der Waals surface area contributed by atoms with Gasteiger partial charge in [0, 0.05) is 12.6 Å². The standard InChI is InChI=1S/C17H22N4O4/c1-17(2,3)18-13(22)9-20(4)14(23)10-21-16(25)12-8-6-5-7-11(12)15(24)19-21/h5-8H,9-10H2,1-4H3,(H,18,22)(H,19,24). The molecule has 134 valence electrons. The van der Waals surface area contributed by atoms with E-state index in [1.165, 1.54) is 18.0 Å². The number of carbonyl (C=O) groups excluding carboxylic acids is 2. The van der Waals surface area contributed by atoms with E-state index in [-0.39, 0.29) is 29.8 Å². The van der Waals surface area contributed by atoms with Crippen LogP contribution in [0.1, 0.15) is 20.8 Å². The number of fused-ring (bicyclic) bond motifs is 1. The topological polar surface area (TPSA) is 104 Å². The molecule has 1 aromatic carbocycles. The molecule has 2 rings (SSSR count). The number of amides is 2. The van der Waals surface area contributed by atoms with Gasteiger partial charge in [-0.1, -0.05) is 12.1 Å². The van der Waals surface area contributed by atoms with E-state index in [4.69, 9.17) is 0 Å². The quantitative estimate of drug-likeness (QED) is 0.817. The highest BCUT2D eigenvalue weighted by atomic mass is 16.2. The molecule has 0 spiro atoms. The van der Waals surface area contributed by atoms with E-state index in [0.717, 1.165) is 4.68 Å². The predicted molar refractivity (Wildman–Crippen MR) is 94.4 cm³/mol. The van der Waals surface area contributed by atoms with E-state index in [0.29, 0.717) is 0 Å². The lowest BCUT2D eigenvalue weighted by Crippen LogP contribution is -2.47. The van der Waals surface area contributed by atoms with Crippen molar-refractivity contribution in [1.82, 2.24) is 20.0 Å². The first kappa shape index (κ1) is 18.4. The summed E-state index contributed by atoms with van der Waals surface area (Å²) in [5, 5.41) is 5.67. The Hall–Kier alpha value is -2.90. The van der Waals surface area contributed by atoms with Gasteiger partial charge in [-0.3, -0.25) is 24.3 Å². The van der Waals surface area contributed by atoms with Crippen LogP contribution >= 0.6 is 0 Å². The summed E-state index contributed by atoms with van der Waals surface area (Å²) in [4.78, 5) is 49.8. The molecule has 0 aliphatic rings. The van der Waals surface area contributed by atoms with E-state index in [1.54, 1.807) is 18.2 Å². The minimum atomic E-state index is -0.462. The second-order valence-electron chi connectivity index (χ2n) is 6.93. The van der Waals surface area contributed by atoms with Crippen LogP contribution in [0.3, 0.4) is 0 Å². The van der Waals surface area contributed by atoms with Crippen LogP contribution < -0.4 is 16.4 Å². The van der Waals surface area contributed by atoms with Gasteiger partial charge in [0.2, 0.25) is 11.8 Å². The fourth-order valence-electron chi connectivity index (χ4n) is 2.38. The van der Waals surface area contributed by atoms with E-state index < -0.39 is 22.6 Å². The Morgan fingerprint density at radius 2 is 1.76 bits per heavy atom. The maximum absolute atomic E-state index is 12.4. The molecule has 8 nitrogen and oxygen atoms in total. The van der Waals surface area contributed by atoms with E-state index in [1.807, 2.05) is 20.8 Å². The number of likely N-dealkylation sites (N-methyl/N-ethyl adjacent to an activating group) is 1. The summed E-state index contributed by atoms with van der Waals surface area (Å²) in [7, 11) is 1.47. The monoisotopic (exact) mass is 346 g/mol. The number of aromatic amines is 1. The number of carbonyl (C=O) groups is 2. The van der Waals surface area contributed by atoms with Gasteiger partial charge in [0.05, 0.1) is 17.3 Å². The van der Waals surface area contributed by atoms with Gasteiger partial charge in [-0.05, 0) is 32.9 Å². The van der Waals surface area contributed by atoms with Crippen LogP contribution in [0.5, 0.6) is 0 Å². The third-order valence-electron chi connectivity index (χ3n) is 3.50. The van der Waals surface area contributed by atoms with Crippen LogP contribution in [0.2, 0.25) is 0 Å². The summed E-state index contributed by atoms with van der Waals surface area (Å²) >= 11 is 0. The van der Waals surface area contributed by atoms with Crippen molar-refractivity contribution in [2.75, 3.05) is 13.6 Å². The second-order valence-corrected chi connectivity index (χ2v) is 6.93. The van der Waals surface area contributed by atoms with Gasteiger partial charge >= 0.3 is 0 Å². The lowest BCUT2D eigenvalue weighted by Gasteiger charge is -2.23. The van der Waals surface area contributed by atoms with Crippen molar-refractivity contribution in [2.45, 2.75) is 32.9 Å². The second kappa shape index (κ2) is 6.92. The van der Waals surface area contributed by atoms with Crippen LogP contribution in [-0.4, -0.2) is 45.6 Å². The molecular formula is C17H22N4O4. The summed E-state index contributed by atoms with van der Waals surface area (Å²) in [6, 6.07) is 6.39. The van der Waals surface area contributed by atoms with Gasteiger partial charge in [-0.25, -0.2) is 4.68 Å². The minimum absolute atomic E-state index is 0.136. The minimum Gasteiger partial charge on any atom is -0.350 e. The fraction of sp³-hybridized carbons (Fsp3) is 0.412. The molecular weight excluding hydrogens is 324 g/mol. The Morgan fingerprint density at radius 1 is 1.16 bits per heavy atom. The van der Waals surface area contributed by atoms with Crippen LogP contribution in [0.4, 0.5) is 0 Å². The van der Waals surface area contributed by atoms with Crippen molar-refractivity contribution < 1.29 is 9.59 Å². The Bertz CT molecular complexity index is 921. The maximum atomic E-state index is 12.4. The average Bonchev–Trinajstić information content (AvgIpc) is 2.50. The van der Waals surface area contributed by atoms with Crippen molar-refractivity contribution in [1.29, 1.82) is 0 Å². The number of H-pyrrole nitrogens is 1. The summed E-state index contributed by atoms with van der Waals surface area (Å²) in [5.41, 5.74) is -1.31. The van der Waals surface area contributed by atoms with Crippen molar-refractivity contribution in [3.05, 3.63) is 45.0 Å². The summed E-state index contributed by atoms with van der Waals surface area (Å²) < 4.78 is 0.963. The fourth-order valence-corrected chi connectivity index (χ4v) is 2.38. The molecule has 0 fully saturated rings. The van der Waals surface area contributed by atoms with Crippen LogP contribution in [-0.2, 0) is 16.1 Å². The number of aromatic nitrogens is 2. The first-order chi connectivity index (χ1) is 11.6. The van der Waals surface area contributed by atoms with Crippen LogP contribution in [0, 0.1) is 0 Å². The molecule has 0 aliphatic carbocycles. The molecule has 1 aromatic heterocycles. The molecule has 0 atom stereocenters. The van der Waals surface area contributed by atoms with Crippen LogP contribution in [0.15, 0.2) is 33.9 Å². The van der Waals surface area contributed by atoms with Gasteiger partial charge in [0.25, 0.3) is 11.1 Å². The Balaban J connectivity index is 2.17. The molecule has 0 bridgehead atoms. The average molecular weight is 346 g/mol. The van der Waals surface area contributed by atoms with Gasteiger partial charge < -0.3 is 10.2 Å². The Kier molecular flexibility index (Phi) is 5.10. The molecule has 0 aliphatic heterocycles. The van der Waals surface area contributed by atoms with E-state index in [9.17, 15) is 19.2 Å².